The first kappa shape index (κ1) is 21.2. The molecular formula is C24H20ClN3O2S. The molecule has 0 aliphatic heterocycles. The third-order valence-electron chi connectivity index (χ3n) is 4.73. The van der Waals surface area contributed by atoms with Crippen LogP contribution in [0.1, 0.15) is 11.1 Å². The highest BCUT2D eigenvalue weighted by Gasteiger charge is 2.15. The van der Waals surface area contributed by atoms with Crippen molar-refractivity contribution < 1.29 is 4.79 Å². The predicted octanol–water partition coefficient (Wildman–Crippen LogP) is 5.39. The van der Waals surface area contributed by atoms with Crippen LogP contribution in [-0.2, 0) is 4.79 Å². The van der Waals surface area contributed by atoms with E-state index in [0.29, 0.717) is 26.8 Å². The van der Waals surface area contributed by atoms with Crippen molar-refractivity contribution in [2.45, 2.75) is 19.0 Å². The Hall–Kier alpha value is -3.09. The van der Waals surface area contributed by atoms with E-state index in [0.717, 1.165) is 16.8 Å². The van der Waals surface area contributed by atoms with Crippen molar-refractivity contribution in [3.05, 3.63) is 93.2 Å². The van der Waals surface area contributed by atoms with Gasteiger partial charge in [-0.1, -0.05) is 53.2 Å². The van der Waals surface area contributed by atoms with Crippen LogP contribution in [0, 0.1) is 13.8 Å². The lowest BCUT2D eigenvalue weighted by Gasteiger charge is -2.14. The van der Waals surface area contributed by atoms with E-state index >= 15 is 0 Å². The predicted molar refractivity (Wildman–Crippen MR) is 128 cm³/mol. The number of hydrogen-bond acceptors (Lipinski definition) is 4. The molecule has 0 radical (unpaired) electrons. The summed E-state index contributed by atoms with van der Waals surface area (Å²) in [6, 6.07) is 20.2. The summed E-state index contributed by atoms with van der Waals surface area (Å²) in [7, 11) is 0. The molecule has 0 aliphatic rings. The molecule has 7 heteroatoms. The number of nitrogens with one attached hydrogen (secondary N) is 1. The fourth-order valence-electron chi connectivity index (χ4n) is 3.21. The quantitative estimate of drug-likeness (QED) is 0.328. The summed E-state index contributed by atoms with van der Waals surface area (Å²) in [6.45, 7) is 3.95. The molecule has 3 aromatic carbocycles. The molecule has 0 saturated heterocycles. The maximum atomic E-state index is 13.3. The zero-order valence-electron chi connectivity index (χ0n) is 17.1. The number of anilines is 1. The van der Waals surface area contributed by atoms with Gasteiger partial charge in [-0.2, -0.15) is 0 Å². The van der Waals surface area contributed by atoms with Crippen molar-refractivity contribution in [3.63, 3.8) is 0 Å². The molecule has 1 heterocycles. The van der Waals surface area contributed by atoms with Gasteiger partial charge in [-0.25, -0.2) is 4.98 Å². The van der Waals surface area contributed by atoms with Gasteiger partial charge in [0, 0.05) is 10.7 Å². The molecule has 0 aliphatic carbocycles. The molecule has 0 spiro atoms. The average molecular weight is 450 g/mol. The molecular weight excluding hydrogens is 430 g/mol. The minimum atomic E-state index is -0.202. The van der Waals surface area contributed by atoms with Crippen LogP contribution in [0.15, 0.2) is 76.7 Å². The van der Waals surface area contributed by atoms with Crippen molar-refractivity contribution in [3.8, 4) is 5.69 Å². The minimum Gasteiger partial charge on any atom is -0.325 e. The second-order valence-electron chi connectivity index (χ2n) is 7.24. The Morgan fingerprint density at radius 3 is 2.55 bits per heavy atom. The number of aromatic nitrogens is 2. The second-order valence-corrected chi connectivity index (χ2v) is 8.62. The summed E-state index contributed by atoms with van der Waals surface area (Å²) in [5.41, 5.74) is 3.88. The average Bonchev–Trinajstić information content (AvgIpc) is 2.73. The number of aryl methyl sites for hydroxylation is 2. The van der Waals surface area contributed by atoms with E-state index in [4.69, 9.17) is 11.6 Å². The second kappa shape index (κ2) is 8.96. The van der Waals surface area contributed by atoms with Crippen LogP contribution in [0.4, 0.5) is 5.69 Å². The van der Waals surface area contributed by atoms with E-state index in [1.54, 1.807) is 22.8 Å². The maximum absolute atomic E-state index is 13.3. The van der Waals surface area contributed by atoms with Crippen molar-refractivity contribution in [2.75, 3.05) is 11.1 Å². The number of fused-ring (bicyclic) bond motifs is 1. The summed E-state index contributed by atoms with van der Waals surface area (Å²) in [5.74, 6) is -0.0651. The molecule has 4 rings (SSSR count). The Balaban J connectivity index is 1.69. The Morgan fingerprint density at radius 2 is 1.81 bits per heavy atom. The first-order valence-electron chi connectivity index (χ1n) is 9.69. The summed E-state index contributed by atoms with van der Waals surface area (Å²) in [4.78, 5) is 30.5. The fraction of sp³-hybridized carbons (Fsp3) is 0.125. The highest BCUT2D eigenvalue weighted by atomic mass is 35.5. The zero-order chi connectivity index (χ0) is 22.0. The van der Waals surface area contributed by atoms with Gasteiger partial charge in [0.25, 0.3) is 5.56 Å². The number of thioether (sulfide) groups is 1. The van der Waals surface area contributed by atoms with Crippen molar-refractivity contribution in [1.82, 2.24) is 9.55 Å². The van der Waals surface area contributed by atoms with Gasteiger partial charge < -0.3 is 5.32 Å². The number of amides is 1. The normalized spacial score (nSPS) is 10.9. The molecule has 1 amide bonds. The number of rotatable bonds is 5. The van der Waals surface area contributed by atoms with Gasteiger partial charge in [0.2, 0.25) is 5.91 Å². The lowest BCUT2D eigenvalue weighted by molar-refractivity contribution is -0.113. The molecule has 0 saturated carbocycles. The van der Waals surface area contributed by atoms with Crippen molar-refractivity contribution in [1.29, 1.82) is 0 Å². The third-order valence-corrected chi connectivity index (χ3v) is 5.90. The molecule has 1 N–H and O–H groups in total. The Bertz CT molecular complexity index is 1330. The van der Waals surface area contributed by atoms with Gasteiger partial charge in [-0.05, 0) is 61.9 Å². The van der Waals surface area contributed by atoms with E-state index in [-0.39, 0.29) is 17.2 Å². The molecule has 4 aromatic rings. The topological polar surface area (TPSA) is 64.0 Å². The van der Waals surface area contributed by atoms with E-state index in [1.807, 2.05) is 62.4 Å². The van der Waals surface area contributed by atoms with Gasteiger partial charge in [0.1, 0.15) is 0 Å². The Kier molecular flexibility index (Phi) is 6.11. The third kappa shape index (κ3) is 4.81. The van der Waals surface area contributed by atoms with Gasteiger partial charge >= 0.3 is 0 Å². The molecule has 0 bridgehead atoms. The molecule has 1 aromatic heterocycles. The number of halogens is 1. The molecule has 31 heavy (non-hydrogen) atoms. The first-order chi connectivity index (χ1) is 14.9. The van der Waals surface area contributed by atoms with E-state index in [9.17, 15) is 9.59 Å². The SMILES string of the molecule is Cc1ccc(-n2c(SCC(=O)Nc3cccc(C)c3)nc3cc(Cl)ccc3c2=O)cc1. The monoisotopic (exact) mass is 449 g/mol. The number of benzene rings is 3. The van der Waals surface area contributed by atoms with Gasteiger partial charge in [-0.3, -0.25) is 14.2 Å². The van der Waals surface area contributed by atoms with Gasteiger partial charge in [0.05, 0.1) is 22.3 Å². The van der Waals surface area contributed by atoms with Crippen LogP contribution in [0.2, 0.25) is 5.02 Å². The lowest BCUT2D eigenvalue weighted by atomic mass is 10.2. The highest BCUT2D eigenvalue weighted by molar-refractivity contribution is 7.99. The molecule has 5 nitrogen and oxygen atoms in total. The Morgan fingerprint density at radius 1 is 1.03 bits per heavy atom. The Labute approximate surface area is 189 Å². The van der Waals surface area contributed by atoms with E-state index in [1.165, 1.54) is 11.8 Å². The zero-order valence-corrected chi connectivity index (χ0v) is 18.6. The molecule has 0 atom stereocenters. The van der Waals surface area contributed by atoms with Crippen LogP contribution >= 0.6 is 23.4 Å². The van der Waals surface area contributed by atoms with Crippen LogP contribution in [0.3, 0.4) is 0 Å². The molecule has 0 unspecified atom stereocenters. The van der Waals surface area contributed by atoms with E-state index in [2.05, 4.69) is 10.3 Å². The van der Waals surface area contributed by atoms with Crippen molar-refractivity contribution >= 4 is 45.9 Å². The fourth-order valence-corrected chi connectivity index (χ4v) is 4.19. The number of carbonyl (C=O) groups is 1. The number of nitrogens with zero attached hydrogens (tertiary/aromatic N) is 2. The largest absolute Gasteiger partial charge is 0.325 e. The van der Waals surface area contributed by atoms with Crippen LogP contribution in [-0.4, -0.2) is 21.2 Å². The van der Waals surface area contributed by atoms with E-state index < -0.39 is 0 Å². The number of hydrogen-bond donors (Lipinski definition) is 1. The molecule has 0 fully saturated rings. The smallest absolute Gasteiger partial charge is 0.266 e. The standard InChI is InChI=1S/C24H20ClN3O2S/c1-15-6-9-19(10-7-15)28-23(30)20-11-8-17(25)13-21(20)27-24(28)31-14-22(29)26-18-5-3-4-16(2)12-18/h3-13H,14H2,1-2H3,(H,26,29). The van der Waals surface area contributed by atoms with Gasteiger partial charge in [0.15, 0.2) is 5.16 Å². The maximum Gasteiger partial charge on any atom is 0.266 e. The number of carbonyl (C=O) groups excluding carboxylic acids is 1. The van der Waals surface area contributed by atoms with Crippen LogP contribution < -0.4 is 10.9 Å². The van der Waals surface area contributed by atoms with Crippen LogP contribution in [0.25, 0.3) is 16.6 Å². The summed E-state index contributed by atoms with van der Waals surface area (Å²) in [5, 5.41) is 4.29. The van der Waals surface area contributed by atoms with Gasteiger partial charge in [-0.15, -0.1) is 0 Å². The molecule has 156 valence electrons. The summed E-state index contributed by atoms with van der Waals surface area (Å²) < 4.78 is 1.54. The minimum absolute atomic E-state index is 0.109. The summed E-state index contributed by atoms with van der Waals surface area (Å²) in [6.07, 6.45) is 0. The lowest BCUT2D eigenvalue weighted by Crippen LogP contribution is -2.23. The van der Waals surface area contributed by atoms with Crippen molar-refractivity contribution in [2.24, 2.45) is 0 Å². The summed E-state index contributed by atoms with van der Waals surface area (Å²) >= 11 is 7.32. The van der Waals surface area contributed by atoms with Crippen LogP contribution in [0.5, 0.6) is 0 Å². The first-order valence-corrected chi connectivity index (χ1v) is 11.1. The highest BCUT2D eigenvalue weighted by Crippen LogP contribution is 2.23.